The van der Waals surface area contributed by atoms with Crippen molar-refractivity contribution in [2.75, 3.05) is 19.7 Å². The predicted molar refractivity (Wildman–Crippen MR) is 67.1 cm³/mol. The van der Waals surface area contributed by atoms with Crippen molar-refractivity contribution in [3.8, 4) is 0 Å². The van der Waals surface area contributed by atoms with Crippen molar-refractivity contribution in [3.05, 3.63) is 29.8 Å². The molecule has 4 nitrogen and oxygen atoms in total. The molecule has 0 aliphatic rings. The molecule has 0 aromatic heterocycles. The molecular weight excluding hydrogens is 276 g/mol. The van der Waals surface area contributed by atoms with Crippen LogP contribution in [-0.4, -0.2) is 37.5 Å². The van der Waals surface area contributed by atoms with Gasteiger partial charge in [0.1, 0.15) is 11.6 Å². The molecule has 0 saturated carbocycles. The Morgan fingerprint density at radius 3 is 2.21 bits per heavy atom. The summed E-state index contributed by atoms with van der Waals surface area (Å²) in [4.78, 5) is -0.436. The van der Waals surface area contributed by atoms with Crippen LogP contribution in [0.3, 0.4) is 0 Å². The maximum absolute atomic E-state index is 13.1. The molecule has 0 unspecified atom stereocenters. The Morgan fingerprint density at radius 2 is 1.74 bits per heavy atom. The largest absolute Gasteiger partial charge is 0.395 e. The Bertz CT molecular complexity index is 499. The van der Waals surface area contributed by atoms with Gasteiger partial charge in [-0.1, -0.05) is 13.3 Å². The van der Waals surface area contributed by atoms with E-state index in [2.05, 4.69) is 0 Å². The topological polar surface area (TPSA) is 57.6 Å². The Morgan fingerprint density at radius 1 is 1.16 bits per heavy atom. The number of benzene rings is 1. The van der Waals surface area contributed by atoms with Gasteiger partial charge >= 0.3 is 0 Å². The summed E-state index contributed by atoms with van der Waals surface area (Å²) in [5.74, 6) is -1.89. The number of hydrogen-bond donors (Lipinski definition) is 1. The third kappa shape index (κ3) is 4.22. The van der Waals surface area contributed by atoms with Gasteiger partial charge in [-0.3, -0.25) is 0 Å². The molecule has 1 N–H and O–H groups in total. The van der Waals surface area contributed by atoms with Crippen LogP contribution in [0.2, 0.25) is 0 Å². The first kappa shape index (κ1) is 16.0. The molecular formula is C12H17F2NO3S. The van der Waals surface area contributed by atoms with Crippen LogP contribution in [0.25, 0.3) is 0 Å². The van der Waals surface area contributed by atoms with Crippen molar-refractivity contribution in [1.29, 1.82) is 0 Å². The second-order valence-electron chi connectivity index (χ2n) is 4.09. The molecule has 0 bridgehead atoms. The van der Waals surface area contributed by atoms with E-state index in [1.807, 2.05) is 6.92 Å². The van der Waals surface area contributed by atoms with Crippen LogP contribution >= 0.6 is 0 Å². The summed E-state index contributed by atoms with van der Waals surface area (Å²) in [6.45, 7) is 1.66. The molecule has 19 heavy (non-hydrogen) atoms. The first-order valence-electron chi connectivity index (χ1n) is 5.99. The summed E-state index contributed by atoms with van der Waals surface area (Å²) in [6, 6.07) is 2.16. The molecule has 108 valence electrons. The van der Waals surface area contributed by atoms with Crippen LogP contribution in [0.4, 0.5) is 8.78 Å². The molecule has 0 radical (unpaired) electrons. The summed E-state index contributed by atoms with van der Waals surface area (Å²) in [6.07, 6.45) is 1.38. The van der Waals surface area contributed by atoms with Gasteiger partial charge in [-0.25, -0.2) is 17.2 Å². The molecule has 0 amide bonds. The standard InChI is InChI=1S/C12H17F2NO3S/c1-2-3-4-15(5-6-16)19(17,18)12-8-10(13)7-11(14)9-12/h7-9,16H,2-6H2,1H3. The SMILES string of the molecule is CCCCN(CCO)S(=O)(=O)c1cc(F)cc(F)c1. The Labute approximate surface area is 111 Å². The summed E-state index contributed by atoms with van der Waals surface area (Å²) < 4.78 is 51.6. The minimum absolute atomic E-state index is 0.0968. The second kappa shape index (κ2) is 6.93. The van der Waals surface area contributed by atoms with Crippen LogP contribution < -0.4 is 0 Å². The van der Waals surface area contributed by atoms with Gasteiger partial charge < -0.3 is 5.11 Å². The molecule has 0 saturated heterocycles. The zero-order chi connectivity index (χ0) is 14.5. The van der Waals surface area contributed by atoms with Crippen LogP contribution in [0.5, 0.6) is 0 Å². The number of sulfonamides is 1. The van der Waals surface area contributed by atoms with Gasteiger partial charge in [-0.15, -0.1) is 0 Å². The number of aliphatic hydroxyl groups is 1. The fourth-order valence-corrected chi connectivity index (χ4v) is 3.14. The van der Waals surface area contributed by atoms with Gasteiger partial charge in [0.05, 0.1) is 11.5 Å². The quantitative estimate of drug-likeness (QED) is 0.833. The second-order valence-corrected chi connectivity index (χ2v) is 6.02. The van der Waals surface area contributed by atoms with Crippen molar-refractivity contribution in [2.45, 2.75) is 24.7 Å². The monoisotopic (exact) mass is 293 g/mol. The maximum atomic E-state index is 13.1. The van der Waals surface area contributed by atoms with Crippen molar-refractivity contribution in [1.82, 2.24) is 4.31 Å². The summed E-state index contributed by atoms with van der Waals surface area (Å²) in [5.41, 5.74) is 0. The van der Waals surface area contributed by atoms with Gasteiger partial charge in [-0.2, -0.15) is 4.31 Å². The molecule has 0 atom stereocenters. The average Bonchev–Trinajstić information content (AvgIpc) is 2.33. The first-order valence-corrected chi connectivity index (χ1v) is 7.43. The zero-order valence-electron chi connectivity index (χ0n) is 10.6. The average molecular weight is 293 g/mol. The third-order valence-electron chi connectivity index (χ3n) is 2.58. The highest BCUT2D eigenvalue weighted by atomic mass is 32.2. The van der Waals surface area contributed by atoms with Crippen LogP contribution in [0, 0.1) is 11.6 Å². The number of halogens is 2. The molecule has 0 aliphatic carbocycles. The Kier molecular flexibility index (Phi) is 5.84. The van der Waals surface area contributed by atoms with E-state index in [0.717, 1.165) is 22.9 Å². The van der Waals surface area contributed by atoms with Crippen LogP contribution in [0.15, 0.2) is 23.1 Å². The van der Waals surface area contributed by atoms with Gasteiger partial charge in [0.15, 0.2) is 0 Å². The smallest absolute Gasteiger partial charge is 0.243 e. The maximum Gasteiger partial charge on any atom is 0.243 e. The summed E-state index contributed by atoms with van der Waals surface area (Å²) >= 11 is 0. The first-order chi connectivity index (χ1) is 8.91. The van der Waals surface area contributed by atoms with Crippen molar-refractivity contribution >= 4 is 10.0 Å². The number of hydrogen-bond acceptors (Lipinski definition) is 3. The molecule has 1 rings (SSSR count). The Hall–Kier alpha value is -1.05. The lowest BCUT2D eigenvalue weighted by molar-refractivity contribution is 0.252. The molecule has 0 heterocycles. The van der Waals surface area contributed by atoms with E-state index in [9.17, 15) is 17.2 Å². The predicted octanol–water partition coefficient (Wildman–Crippen LogP) is 1.75. The lowest BCUT2D eigenvalue weighted by Crippen LogP contribution is -2.34. The third-order valence-corrected chi connectivity index (χ3v) is 4.46. The van der Waals surface area contributed by atoms with E-state index in [1.165, 1.54) is 0 Å². The van der Waals surface area contributed by atoms with Crippen molar-refractivity contribution in [2.24, 2.45) is 0 Å². The van der Waals surface area contributed by atoms with Crippen LogP contribution in [0.1, 0.15) is 19.8 Å². The summed E-state index contributed by atoms with van der Waals surface area (Å²) in [7, 11) is -3.99. The lowest BCUT2D eigenvalue weighted by Gasteiger charge is -2.21. The van der Waals surface area contributed by atoms with E-state index in [0.29, 0.717) is 12.5 Å². The molecule has 7 heteroatoms. The lowest BCUT2D eigenvalue weighted by atomic mass is 10.3. The highest BCUT2D eigenvalue weighted by molar-refractivity contribution is 7.89. The van der Waals surface area contributed by atoms with E-state index in [4.69, 9.17) is 5.11 Å². The molecule has 0 spiro atoms. The van der Waals surface area contributed by atoms with Gasteiger partial charge in [0, 0.05) is 19.2 Å². The number of rotatable bonds is 7. The highest BCUT2D eigenvalue weighted by Gasteiger charge is 2.24. The van der Waals surface area contributed by atoms with E-state index < -0.39 is 26.6 Å². The molecule has 0 fully saturated rings. The molecule has 0 aliphatic heterocycles. The van der Waals surface area contributed by atoms with Crippen molar-refractivity contribution in [3.63, 3.8) is 0 Å². The zero-order valence-corrected chi connectivity index (χ0v) is 11.5. The van der Waals surface area contributed by atoms with E-state index in [1.54, 1.807) is 0 Å². The van der Waals surface area contributed by atoms with Crippen LogP contribution in [-0.2, 0) is 10.0 Å². The molecule has 1 aromatic carbocycles. The van der Waals surface area contributed by atoms with Crippen molar-refractivity contribution < 1.29 is 22.3 Å². The highest BCUT2D eigenvalue weighted by Crippen LogP contribution is 2.18. The van der Waals surface area contributed by atoms with Gasteiger partial charge in [0.25, 0.3) is 0 Å². The van der Waals surface area contributed by atoms with E-state index in [-0.39, 0.29) is 19.7 Å². The number of unbranched alkanes of at least 4 members (excludes halogenated alkanes) is 1. The molecule has 1 aromatic rings. The Balaban J connectivity index is 3.10. The minimum Gasteiger partial charge on any atom is -0.395 e. The fraction of sp³-hybridized carbons (Fsp3) is 0.500. The van der Waals surface area contributed by atoms with E-state index >= 15 is 0 Å². The minimum atomic E-state index is -3.99. The number of aliphatic hydroxyl groups excluding tert-OH is 1. The fourth-order valence-electron chi connectivity index (χ4n) is 1.62. The number of nitrogens with zero attached hydrogens (tertiary/aromatic N) is 1. The normalized spacial score (nSPS) is 12.1. The summed E-state index contributed by atoms with van der Waals surface area (Å²) in [5, 5.41) is 8.90. The van der Waals surface area contributed by atoms with Gasteiger partial charge in [0.2, 0.25) is 10.0 Å². The van der Waals surface area contributed by atoms with Gasteiger partial charge in [-0.05, 0) is 18.6 Å².